The van der Waals surface area contributed by atoms with Crippen molar-refractivity contribution in [1.29, 1.82) is 0 Å². The van der Waals surface area contributed by atoms with Crippen LogP contribution in [0.25, 0.3) is 0 Å². The number of ether oxygens (including phenoxy) is 3. The van der Waals surface area contributed by atoms with Gasteiger partial charge in [-0.05, 0) is 12.8 Å². The Labute approximate surface area is 184 Å². The van der Waals surface area contributed by atoms with Gasteiger partial charge in [-0.1, -0.05) is 71.6 Å². The van der Waals surface area contributed by atoms with Crippen molar-refractivity contribution in [1.82, 2.24) is 0 Å². The summed E-state index contributed by atoms with van der Waals surface area (Å²) in [6.07, 6.45) is 15.4. The number of rotatable bonds is 17. The number of hydrogen-bond acceptors (Lipinski definition) is 6. The Morgan fingerprint density at radius 3 is 1.83 bits per heavy atom. The fraction of sp³-hybridized carbons (Fsp3) is 1.00. The van der Waals surface area contributed by atoms with Crippen molar-refractivity contribution in [3.8, 4) is 0 Å². The van der Waals surface area contributed by atoms with Crippen LogP contribution in [0.5, 0.6) is 0 Å². The maximum atomic E-state index is 10.5. The SMILES string of the molecule is CCCCCCCCOP(O)OC1(C2(C3(CCCCCC)CCO3)CCO2)CCO1. The Morgan fingerprint density at radius 1 is 0.767 bits per heavy atom. The van der Waals surface area contributed by atoms with Gasteiger partial charge in [-0.2, -0.15) is 0 Å². The monoisotopic (exact) mass is 446 g/mol. The van der Waals surface area contributed by atoms with Crippen LogP contribution >= 0.6 is 8.60 Å². The summed E-state index contributed by atoms with van der Waals surface area (Å²) in [4.78, 5) is 10.5. The standard InChI is InChI=1S/C23H43O6P/c1-3-5-7-9-10-12-17-28-30(24)29-23(16-20-27-23)22(15-19-26-22)21(14-18-25-21)13-11-8-6-4-2/h24H,3-20H2,1-2H3. The minimum absolute atomic E-state index is 0.352. The van der Waals surface area contributed by atoms with Crippen molar-refractivity contribution in [3.63, 3.8) is 0 Å². The first kappa shape index (κ1) is 24.8. The highest BCUT2D eigenvalue weighted by atomic mass is 31.2. The predicted molar refractivity (Wildman–Crippen MR) is 118 cm³/mol. The summed E-state index contributed by atoms with van der Waals surface area (Å²) in [5.74, 6) is -0.933. The van der Waals surface area contributed by atoms with Crippen LogP contribution in [0.15, 0.2) is 0 Å². The molecule has 176 valence electrons. The third-order valence-electron chi connectivity index (χ3n) is 7.16. The minimum Gasteiger partial charge on any atom is -0.372 e. The Hall–Kier alpha value is 0.190. The quantitative estimate of drug-likeness (QED) is 0.218. The molecular weight excluding hydrogens is 403 g/mol. The molecule has 0 radical (unpaired) electrons. The molecule has 7 heteroatoms. The van der Waals surface area contributed by atoms with E-state index in [1.165, 1.54) is 44.9 Å². The molecule has 0 saturated carbocycles. The molecule has 3 heterocycles. The lowest BCUT2D eigenvalue weighted by atomic mass is 9.63. The zero-order valence-corrected chi connectivity index (χ0v) is 20.1. The molecule has 3 aliphatic rings. The lowest BCUT2D eigenvalue weighted by molar-refractivity contribution is -0.445. The van der Waals surface area contributed by atoms with Crippen LogP contribution in [0.3, 0.4) is 0 Å². The molecule has 1 N–H and O–H groups in total. The van der Waals surface area contributed by atoms with Gasteiger partial charge >= 0.3 is 8.60 Å². The van der Waals surface area contributed by atoms with Gasteiger partial charge in [0.05, 0.1) is 26.4 Å². The van der Waals surface area contributed by atoms with E-state index in [-0.39, 0.29) is 5.60 Å². The molecule has 3 aliphatic heterocycles. The van der Waals surface area contributed by atoms with Crippen LogP contribution < -0.4 is 0 Å². The molecule has 0 aromatic heterocycles. The summed E-state index contributed by atoms with van der Waals surface area (Å²) in [6, 6.07) is 0. The van der Waals surface area contributed by atoms with Crippen LogP contribution in [0.4, 0.5) is 0 Å². The van der Waals surface area contributed by atoms with Crippen molar-refractivity contribution in [3.05, 3.63) is 0 Å². The van der Waals surface area contributed by atoms with Gasteiger partial charge in [-0.3, -0.25) is 4.52 Å². The molecule has 3 fully saturated rings. The van der Waals surface area contributed by atoms with Gasteiger partial charge in [-0.25, -0.2) is 0 Å². The van der Waals surface area contributed by atoms with Gasteiger partial charge in [0, 0.05) is 19.3 Å². The minimum atomic E-state index is -1.99. The van der Waals surface area contributed by atoms with E-state index in [4.69, 9.17) is 23.3 Å². The smallest absolute Gasteiger partial charge is 0.332 e. The van der Waals surface area contributed by atoms with E-state index in [1.54, 1.807) is 0 Å². The predicted octanol–water partition coefficient (Wildman–Crippen LogP) is 6.00. The molecule has 0 spiro atoms. The Bertz CT molecular complexity index is 490. The van der Waals surface area contributed by atoms with E-state index in [0.717, 1.165) is 45.1 Å². The van der Waals surface area contributed by atoms with Gasteiger partial charge in [0.15, 0.2) is 5.60 Å². The molecule has 4 unspecified atom stereocenters. The zero-order valence-electron chi connectivity index (χ0n) is 19.2. The van der Waals surface area contributed by atoms with Gasteiger partial charge in [0.25, 0.3) is 0 Å². The van der Waals surface area contributed by atoms with Gasteiger partial charge < -0.3 is 23.6 Å². The van der Waals surface area contributed by atoms with Crippen LogP contribution in [0.2, 0.25) is 0 Å². The van der Waals surface area contributed by atoms with Crippen LogP contribution in [-0.2, 0) is 23.3 Å². The largest absolute Gasteiger partial charge is 0.372 e. The summed E-state index contributed by atoms with van der Waals surface area (Å²) < 4.78 is 30.2. The van der Waals surface area contributed by atoms with Crippen molar-refractivity contribution in [2.75, 3.05) is 26.4 Å². The van der Waals surface area contributed by atoms with E-state index >= 15 is 0 Å². The second kappa shape index (κ2) is 11.9. The maximum Gasteiger partial charge on any atom is 0.332 e. The molecular formula is C23H43O6P. The van der Waals surface area contributed by atoms with Gasteiger partial charge in [0.2, 0.25) is 5.79 Å². The summed E-state index contributed by atoms with van der Waals surface area (Å²) in [6.45, 7) is 7.05. The van der Waals surface area contributed by atoms with E-state index < -0.39 is 20.0 Å². The van der Waals surface area contributed by atoms with Gasteiger partial charge in [0.1, 0.15) is 5.60 Å². The van der Waals surface area contributed by atoms with Crippen LogP contribution in [0, 0.1) is 0 Å². The van der Waals surface area contributed by atoms with Crippen molar-refractivity contribution >= 4 is 8.60 Å². The Morgan fingerprint density at radius 2 is 1.33 bits per heavy atom. The Balaban J connectivity index is 1.52. The van der Waals surface area contributed by atoms with E-state index in [9.17, 15) is 4.89 Å². The first-order chi connectivity index (χ1) is 14.6. The molecule has 0 aromatic rings. The zero-order chi connectivity index (χ0) is 21.3. The third kappa shape index (κ3) is 5.22. The second-order valence-corrected chi connectivity index (χ2v) is 10.0. The molecule has 0 bridgehead atoms. The summed E-state index contributed by atoms with van der Waals surface area (Å²) in [5.41, 5.74) is -0.968. The molecule has 3 rings (SSSR count). The van der Waals surface area contributed by atoms with Crippen molar-refractivity contribution < 1.29 is 28.2 Å². The second-order valence-electron chi connectivity index (χ2n) is 9.11. The van der Waals surface area contributed by atoms with E-state index in [2.05, 4.69) is 13.8 Å². The molecule has 4 atom stereocenters. The first-order valence-electron chi connectivity index (χ1n) is 12.4. The molecule has 0 aromatic carbocycles. The lowest BCUT2D eigenvalue weighted by Gasteiger charge is -2.67. The third-order valence-corrected chi connectivity index (χ3v) is 8.02. The molecule has 0 aliphatic carbocycles. The Kier molecular flexibility index (Phi) is 9.83. The number of unbranched alkanes of at least 4 members (excludes halogenated alkanes) is 8. The highest BCUT2D eigenvalue weighted by Crippen LogP contribution is 2.62. The van der Waals surface area contributed by atoms with Crippen molar-refractivity contribution in [2.24, 2.45) is 0 Å². The van der Waals surface area contributed by atoms with Crippen LogP contribution in [-0.4, -0.2) is 48.3 Å². The number of hydrogen-bond donors (Lipinski definition) is 1. The lowest BCUT2D eigenvalue weighted by Crippen LogP contribution is -2.80. The summed E-state index contributed by atoms with van der Waals surface area (Å²) >= 11 is 0. The summed E-state index contributed by atoms with van der Waals surface area (Å²) in [7, 11) is -1.99. The average Bonchev–Trinajstić information content (AvgIpc) is 2.64. The van der Waals surface area contributed by atoms with Crippen LogP contribution in [0.1, 0.15) is 104 Å². The maximum absolute atomic E-state index is 10.5. The molecule has 6 nitrogen and oxygen atoms in total. The molecule has 3 saturated heterocycles. The van der Waals surface area contributed by atoms with Gasteiger partial charge in [-0.15, -0.1) is 0 Å². The van der Waals surface area contributed by atoms with E-state index in [1.807, 2.05) is 0 Å². The molecule has 0 amide bonds. The average molecular weight is 447 g/mol. The van der Waals surface area contributed by atoms with Crippen molar-refractivity contribution in [2.45, 2.75) is 121 Å². The fourth-order valence-electron chi connectivity index (χ4n) is 5.15. The van der Waals surface area contributed by atoms with E-state index in [0.29, 0.717) is 26.2 Å². The normalized spacial score (nSPS) is 34.1. The first-order valence-corrected chi connectivity index (χ1v) is 13.5. The molecule has 30 heavy (non-hydrogen) atoms. The summed E-state index contributed by atoms with van der Waals surface area (Å²) in [5, 5.41) is 0. The fourth-order valence-corrected chi connectivity index (χ4v) is 6.03. The highest BCUT2D eigenvalue weighted by molar-refractivity contribution is 7.40. The topological polar surface area (TPSA) is 66.4 Å². The highest BCUT2D eigenvalue weighted by Gasteiger charge is 2.74.